The van der Waals surface area contributed by atoms with Gasteiger partial charge in [0.05, 0.1) is 5.56 Å². The average Bonchev–Trinajstić information content (AvgIpc) is 3.17. The molecule has 0 radical (unpaired) electrons. The molecule has 2 N–H and O–H groups in total. The van der Waals surface area contributed by atoms with Crippen molar-refractivity contribution in [1.29, 1.82) is 0 Å². The Balaban J connectivity index is 1.36. The van der Waals surface area contributed by atoms with Crippen LogP contribution in [-0.2, 0) is 17.9 Å². The van der Waals surface area contributed by atoms with Crippen molar-refractivity contribution in [3.63, 3.8) is 0 Å². The highest BCUT2D eigenvalue weighted by molar-refractivity contribution is 6.07. The summed E-state index contributed by atoms with van der Waals surface area (Å²) in [5.74, 6) is 1.17. The molecule has 4 rings (SSSR count). The third kappa shape index (κ3) is 7.26. The Hall–Kier alpha value is -3.52. The fourth-order valence-corrected chi connectivity index (χ4v) is 4.39. The fourth-order valence-electron chi connectivity index (χ4n) is 4.39. The van der Waals surface area contributed by atoms with Crippen LogP contribution in [0.25, 0.3) is 11.0 Å². The van der Waals surface area contributed by atoms with Gasteiger partial charge in [-0.1, -0.05) is 24.3 Å². The van der Waals surface area contributed by atoms with Crippen molar-refractivity contribution in [3.05, 3.63) is 64.9 Å². The number of nitrogens with one attached hydrogen (secondary N) is 2. The van der Waals surface area contributed by atoms with Crippen LogP contribution in [0, 0.1) is 6.92 Å². The van der Waals surface area contributed by atoms with Crippen molar-refractivity contribution in [2.75, 3.05) is 20.1 Å². The second-order valence-corrected chi connectivity index (χ2v) is 10.7. The second-order valence-electron chi connectivity index (χ2n) is 10.7. The van der Waals surface area contributed by atoms with E-state index >= 15 is 0 Å². The summed E-state index contributed by atoms with van der Waals surface area (Å²) in [7, 11) is 2.10. The van der Waals surface area contributed by atoms with Crippen LogP contribution in [0.5, 0.6) is 5.75 Å². The molecule has 0 aliphatic carbocycles. The summed E-state index contributed by atoms with van der Waals surface area (Å²) >= 11 is 0. The van der Waals surface area contributed by atoms with Crippen LogP contribution in [-0.4, -0.2) is 48.7 Å². The third-order valence-electron chi connectivity index (χ3n) is 6.38. The highest BCUT2D eigenvalue weighted by Crippen LogP contribution is 2.30. The molecule has 8 heteroatoms. The van der Waals surface area contributed by atoms with Crippen molar-refractivity contribution in [2.24, 2.45) is 0 Å². The Kier molecular flexibility index (Phi) is 8.07. The van der Waals surface area contributed by atoms with Gasteiger partial charge in [0.25, 0.3) is 5.91 Å². The summed E-state index contributed by atoms with van der Waals surface area (Å²) in [6.07, 6.45) is 1.45. The number of hydrogen-bond donors (Lipinski definition) is 2. The number of hydrogen-bond acceptors (Lipinski definition) is 6. The van der Waals surface area contributed by atoms with Gasteiger partial charge in [0.15, 0.2) is 0 Å². The Morgan fingerprint density at radius 2 is 1.73 bits per heavy atom. The van der Waals surface area contributed by atoms with E-state index in [0.29, 0.717) is 35.8 Å². The topological polar surface area (TPSA) is 93.0 Å². The smallest absolute Gasteiger partial charge is 0.407 e. The molecule has 2 aromatic carbocycles. The average molecular weight is 508 g/mol. The third-order valence-corrected chi connectivity index (χ3v) is 6.38. The zero-order valence-electron chi connectivity index (χ0n) is 22.3. The summed E-state index contributed by atoms with van der Waals surface area (Å²) in [6, 6.07) is 13.6. The molecule has 1 fully saturated rings. The number of fused-ring (bicyclic) bond motifs is 1. The molecule has 0 spiro atoms. The number of carbonyl (C=O) groups is 2. The van der Waals surface area contributed by atoms with Crippen LogP contribution < -0.4 is 15.4 Å². The maximum absolute atomic E-state index is 13.1. The standard InChI is InChI=1S/C29H37N3O5/c1-19-26(27(33)31-22-12-14-32(5)15-13-22)24-16-23(10-11-25(24)36-19)35-18-21-8-6-20(7-9-21)17-30-28(34)37-29(2,3)4/h6-11,16,22H,12-15,17-18H2,1-5H3,(H,30,34)(H,31,33). The maximum Gasteiger partial charge on any atom is 0.407 e. The molecule has 2 heterocycles. The van der Waals surface area contributed by atoms with Gasteiger partial charge < -0.3 is 29.4 Å². The lowest BCUT2D eigenvalue weighted by Crippen LogP contribution is -2.43. The molecule has 1 saturated heterocycles. The van der Waals surface area contributed by atoms with Crippen LogP contribution in [0.3, 0.4) is 0 Å². The van der Waals surface area contributed by atoms with Gasteiger partial charge in [0, 0.05) is 18.0 Å². The monoisotopic (exact) mass is 507 g/mol. The predicted octanol–water partition coefficient (Wildman–Crippen LogP) is 5.17. The van der Waals surface area contributed by atoms with Gasteiger partial charge in [-0.05, 0) is 90.0 Å². The summed E-state index contributed by atoms with van der Waals surface area (Å²) in [5, 5.41) is 6.70. The first-order valence-corrected chi connectivity index (χ1v) is 12.8. The van der Waals surface area contributed by atoms with E-state index in [0.717, 1.165) is 42.4 Å². The Labute approximate surface area is 218 Å². The van der Waals surface area contributed by atoms with Crippen molar-refractivity contribution in [3.8, 4) is 5.75 Å². The van der Waals surface area contributed by atoms with Gasteiger partial charge in [-0.2, -0.15) is 0 Å². The van der Waals surface area contributed by atoms with Gasteiger partial charge in [-0.25, -0.2) is 4.79 Å². The number of carbonyl (C=O) groups excluding carboxylic acids is 2. The van der Waals surface area contributed by atoms with E-state index in [2.05, 4.69) is 22.6 Å². The van der Waals surface area contributed by atoms with Gasteiger partial charge in [0.2, 0.25) is 0 Å². The van der Waals surface area contributed by atoms with Crippen molar-refractivity contribution in [2.45, 2.75) is 65.3 Å². The van der Waals surface area contributed by atoms with Gasteiger partial charge >= 0.3 is 6.09 Å². The minimum Gasteiger partial charge on any atom is -0.489 e. The molecule has 2 amide bonds. The normalized spacial score (nSPS) is 14.9. The van der Waals surface area contributed by atoms with Crippen LogP contribution in [0.2, 0.25) is 0 Å². The fraction of sp³-hybridized carbons (Fsp3) is 0.448. The molecule has 198 valence electrons. The SMILES string of the molecule is Cc1oc2ccc(OCc3ccc(CNC(=O)OC(C)(C)C)cc3)cc2c1C(=O)NC1CCN(C)CC1. The minimum absolute atomic E-state index is 0.0986. The molecular weight excluding hydrogens is 470 g/mol. The minimum atomic E-state index is -0.527. The van der Waals surface area contributed by atoms with E-state index in [-0.39, 0.29) is 11.9 Å². The van der Waals surface area contributed by atoms with Crippen molar-refractivity contribution in [1.82, 2.24) is 15.5 Å². The second kappa shape index (κ2) is 11.3. The summed E-state index contributed by atoms with van der Waals surface area (Å²) < 4.78 is 17.2. The number of nitrogens with zero attached hydrogens (tertiary/aromatic N) is 1. The van der Waals surface area contributed by atoms with E-state index in [1.54, 1.807) is 0 Å². The first-order chi connectivity index (χ1) is 17.6. The first kappa shape index (κ1) is 26.5. The number of benzene rings is 2. The van der Waals surface area contributed by atoms with Gasteiger partial charge in [0.1, 0.15) is 29.3 Å². The summed E-state index contributed by atoms with van der Waals surface area (Å²) in [4.78, 5) is 27.2. The molecule has 1 aliphatic heterocycles. The highest BCUT2D eigenvalue weighted by Gasteiger charge is 2.23. The Morgan fingerprint density at radius 3 is 2.41 bits per heavy atom. The van der Waals surface area contributed by atoms with Crippen LogP contribution in [0.1, 0.15) is 60.9 Å². The van der Waals surface area contributed by atoms with E-state index < -0.39 is 11.7 Å². The molecule has 1 aliphatic rings. The molecule has 37 heavy (non-hydrogen) atoms. The van der Waals surface area contributed by atoms with Gasteiger partial charge in [-0.3, -0.25) is 4.79 Å². The number of alkyl carbamates (subject to hydrolysis) is 1. The molecule has 1 aromatic heterocycles. The van der Waals surface area contributed by atoms with E-state index in [4.69, 9.17) is 13.9 Å². The van der Waals surface area contributed by atoms with E-state index in [1.807, 2.05) is 70.2 Å². The molecule has 3 aromatic rings. The number of amides is 2. The Morgan fingerprint density at radius 1 is 1.05 bits per heavy atom. The molecule has 0 bridgehead atoms. The predicted molar refractivity (Wildman–Crippen MR) is 143 cm³/mol. The molecule has 0 atom stereocenters. The summed E-state index contributed by atoms with van der Waals surface area (Å²) in [5.41, 5.74) is 2.66. The maximum atomic E-state index is 13.1. The van der Waals surface area contributed by atoms with Crippen molar-refractivity contribution < 1.29 is 23.5 Å². The van der Waals surface area contributed by atoms with E-state index in [9.17, 15) is 9.59 Å². The number of likely N-dealkylation sites (tertiary alicyclic amines) is 1. The lowest BCUT2D eigenvalue weighted by atomic mass is 10.0. The number of rotatable bonds is 7. The van der Waals surface area contributed by atoms with Crippen LogP contribution >= 0.6 is 0 Å². The van der Waals surface area contributed by atoms with Gasteiger partial charge in [-0.15, -0.1) is 0 Å². The highest BCUT2D eigenvalue weighted by atomic mass is 16.6. The molecule has 8 nitrogen and oxygen atoms in total. The van der Waals surface area contributed by atoms with E-state index in [1.165, 1.54) is 0 Å². The quantitative estimate of drug-likeness (QED) is 0.458. The lowest BCUT2D eigenvalue weighted by molar-refractivity contribution is 0.0523. The molecular formula is C29H37N3O5. The largest absolute Gasteiger partial charge is 0.489 e. The summed E-state index contributed by atoms with van der Waals surface area (Å²) in [6.45, 7) is 10.0. The van der Waals surface area contributed by atoms with Crippen molar-refractivity contribution >= 4 is 23.0 Å². The zero-order chi connectivity index (χ0) is 26.6. The van der Waals surface area contributed by atoms with Crippen LogP contribution in [0.4, 0.5) is 4.79 Å². The Bertz CT molecular complexity index is 1230. The number of furan rings is 1. The molecule has 0 saturated carbocycles. The molecule has 0 unspecified atom stereocenters. The first-order valence-electron chi connectivity index (χ1n) is 12.8. The zero-order valence-corrected chi connectivity index (χ0v) is 22.3. The van der Waals surface area contributed by atoms with Crippen LogP contribution in [0.15, 0.2) is 46.9 Å². The number of ether oxygens (including phenoxy) is 2. The number of aryl methyl sites for hydroxylation is 1. The lowest BCUT2D eigenvalue weighted by Gasteiger charge is -2.29. The number of piperidine rings is 1.